The fraction of sp³-hybridized carbons (Fsp3) is 0.517. The summed E-state index contributed by atoms with van der Waals surface area (Å²) in [5.74, 6) is 0.801. The minimum atomic E-state index is -1.37. The predicted octanol–water partition coefficient (Wildman–Crippen LogP) is 5.04. The topological polar surface area (TPSA) is 110 Å². The van der Waals surface area contributed by atoms with Crippen LogP contribution in [0, 0.1) is 17.2 Å². The fourth-order valence-corrected chi connectivity index (χ4v) is 4.58. The summed E-state index contributed by atoms with van der Waals surface area (Å²) >= 11 is 0. The molecule has 38 heavy (non-hydrogen) atoms. The number of aliphatic carboxylic acids is 1. The van der Waals surface area contributed by atoms with Crippen LogP contribution in [-0.2, 0) is 14.9 Å². The number of nitriles is 1. The first-order chi connectivity index (χ1) is 18.1. The highest BCUT2D eigenvalue weighted by Crippen LogP contribution is 2.45. The summed E-state index contributed by atoms with van der Waals surface area (Å²) in [6, 6.07) is 13.7. The van der Waals surface area contributed by atoms with Gasteiger partial charge in [0.15, 0.2) is 11.5 Å². The number of carbonyl (C=O) groups is 1. The van der Waals surface area contributed by atoms with Crippen LogP contribution in [0.1, 0.15) is 50.8 Å². The first kappa shape index (κ1) is 30.7. The molecular formula is C29H40N2O7. The van der Waals surface area contributed by atoms with Crippen LogP contribution in [0.5, 0.6) is 23.0 Å². The zero-order valence-electron chi connectivity index (χ0n) is 23.6. The van der Waals surface area contributed by atoms with Crippen molar-refractivity contribution in [1.29, 1.82) is 5.26 Å². The maximum absolute atomic E-state index is 11.2. The maximum atomic E-state index is 11.2. The molecule has 9 nitrogen and oxygen atoms in total. The molecule has 0 spiro atoms. The number of benzene rings is 2. The minimum Gasteiger partial charge on any atom is -0.493 e. The third-order valence-corrected chi connectivity index (χ3v) is 7.11. The average molecular weight is 529 g/mol. The highest BCUT2D eigenvalue weighted by molar-refractivity contribution is 5.71. The van der Waals surface area contributed by atoms with Crippen molar-refractivity contribution in [3.8, 4) is 29.1 Å². The van der Waals surface area contributed by atoms with Crippen LogP contribution in [0.25, 0.3) is 0 Å². The van der Waals surface area contributed by atoms with Crippen LogP contribution in [0.2, 0.25) is 0 Å². The monoisotopic (exact) mass is 528 g/mol. The van der Waals surface area contributed by atoms with Gasteiger partial charge < -0.3 is 28.8 Å². The Hall–Kier alpha value is -3.48. The first-order valence-corrected chi connectivity index (χ1v) is 12.5. The first-order valence-electron chi connectivity index (χ1n) is 12.5. The van der Waals surface area contributed by atoms with Crippen molar-refractivity contribution in [2.45, 2.75) is 51.4 Å². The lowest BCUT2D eigenvalue weighted by atomic mass is 9.69. The summed E-state index contributed by atoms with van der Waals surface area (Å²) in [5.41, 5.74) is 1.05. The van der Waals surface area contributed by atoms with Gasteiger partial charge in [0.05, 0.1) is 32.8 Å². The van der Waals surface area contributed by atoms with Crippen molar-refractivity contribution in [2.24, 2.45) is 5.92 Å². The summed E-state index contributed by atoms with van der Waals surface area (Å²) in [5, 5.41) is 19.6. The molecule has 0 fully saturated rings. The molecule has 0 aliphatic rings. The second kappa shape index (κ2) is 13.9. The number of nitrogens with zero attached hydrogens (tertiary/aromatic N) is 2. The lowest BCUT2D eigenvalue weighted by Crippen LogP contribution is -2.33. The maximum Gasteiger partial charge on any atom is 0.373 e. The summed E-state index contributed by atoms with van der Waals surface area (Å²) in [4.78, 5) is 13.4. The van der Waals surface area contributed by atoms with E-state index >= 15 is 0 Å². The summed E-state index contributed by atoms with van der Waals surface area (Å²) < 4.78 is 26.9. The molecule has 0 aliphatic heterocycles. The lowest BCUT2D eigenvalue weighted by molar-refractivity contribution is -0.166. The Morgan fingerprint density at radius 3 is 2.16 bits per heavy atom. The third kappa shape index (κ3) is 6.88. The standard InChI is InChI=1S/C29H40N2O7/c1-19(2)29(18-30,22-16-24(34-5)26(36-7)25(17-22)35-6)13-10-14-31(4)20(3)21-11-9-12-23(15-21)38-28(37-8)27(32)33/h9,11-12,15-17,19-20,28H,10,13-14H2,1-8H3,(H,32,33). The Kier molecular flexibility index (Phi) is 11.2. The van der Waals surface area contributed by atoms with E-state index in [1.54, 1.807) is 27.4 Å². The van der Waals surface area contributed by atoms with Gasteiger partial charge in [-0.1, -0.05) is 26.0 Å². The summed E-state index contributed by atoms with van der Waals surface area (Å²) in [6.07, 6.45) is 0.0295. The van der Waals surface area contributed by atoms with E-state index in [9.17, 15) is 15.2 Å². The number of carboxylic acids is 1. The van der Waals surface area contributed by atoms with Crippen LogP contribution in [0.3, 0.4) is 0 Å². The molecular weight excluding hydrogens is 488 g/mol. The molecule has 3 atom stereocenters. The molecule has 0 saturated carbocycles. The summed E-state index contributed by atoms with van der Waals surface area (Å²) in [6.45, 7) is 6.91. The molecule has 208 valence electrons. The molecule has 0 saturated heterocycles. The molecule has 1 N–H and O–H groups in total. The van der Waals surface area contributed by atoms with Gasteiger partial charge in [-0.15, -0.1) is 0 Å². The van der Waals surface area contributed by atoms with E-state index in [1.807, 2.05) is 37.4 Å². The van der Waals surface area contributed by atoms with Gasteiger partial charge >= 0.3 is 5.97 Å². The number of hydrogen-bond donors (Lipinski definition) is 1. The normalized spacial score (nSPS) is 14.3. The second-order valence-corrected chi connectivity index (χ2v) is 9.51. The van der Waals surface area contributed by atoms with Gasteiger partial charge in [-0.05, 0) is 74.7 Å². The van der Waals surface area contributed by atoms with Crippen molar-refractivity contribution < 1.29 is 33.6 Å². The van der Waals surface area contributed by atoms with E-state index < -0.39 is 17.7 Å². The van der Waals surface area contributed by atoms with Gasteiger partial charge in [0, 0.05) is 13.2 Å². The van der Waals surface area contributed by atoms with E-state index in [0.29, 0.717) is 29.4 Å². The number of rotatable bonds is 15. The molecule has 0 amide bonds. The Balaban J connectivity index is 2.21. The van der Waals surface area contributed by atoms with Gasteiger partial charge in [0.1, 0.15) is 5.75 Å². The predicted molar refractivity (Wildman–Crippen MR) is 144 cm³/mol. The molecule has 2 aromatic carbocycles. The number of methoxy groups -OCH3 is 4. The van der Waals surface area contributed by atoms with E-state index in [0.717, 1.165) is 24.1 Å². The molecule has 0 radical (unpaired) electrons. The zero-order chi connectivity index (χ0) is 28.5. The van der Waals surface area contributed by atoms with Gasteiger partial charge in [0.2, 0.25) is 5.75 Å². The Morgan fingerprint density at radius 2 is 1.68 bits per heavy atom. The van der Waals surface area contributed by atoms with Gasteiger partial charge in [-0.2, -0.15) is 5.26 Å². The van der Waals surface area contributed by atoms with Gasteiger partial charge in [-0.25, -0.2) is 4.79 Å². The zero-order valence-corrected chi connectivity index (χ0v) is 23.6. The van der Waals surface area contributed by atoms with E-state index in [1.165, 1.54) is 7.11 Å². The minimum absolute atomic E-state index is 0.0288. The highest BCUT2D eigenvalue weighted by Gasteiger charge is 2.37. The van der Waals surface area contributed by atoms with Crippen LogP contribution >= 0.6 is 0 Å². The average Bonchev–Trinajstić information content (AvgIpc) is 2.92. The molecule has 0 bridgehead atoms. The van der Waals surface area contributed by atoms with E-state index in [2.05, 4.69) is 31.7 Å². The lowest BCUT2D eigenvalue weighted by Gasteiger charge is -2.33. The molecule has 0 aliphatic carbocycles. The van der Waals surface area contributed by atoms with Crippen LogP contribution in [0.4, 0.5) is 0 Å². The van der Waals surface area contributed by atoms with Gasteiger partial charge in [-0.3, -0.25) is 4.90 Å². The van der Waals surface area contributed by atoms with Crippen molar-refractivity contribution in [2.75, 3.05) is 42.0 Å². The molecule has 2 aromatic rings. The quantitative estimate of drug-likeness (QED) is 0.318. The number of hydrogen-bond acceptors (Lipinski definition) is 8. The van der Waals surface area contributed by atoms with Crippen LogP contribution in [0.15, 0.2) is 36.4 Å². The molecule has 2 rings (SSSR count). The smallest absolute Gasteiger partial charge is 0.373 e. The van der Waals surface area contributed by atoms with Crippen molar-refractivity contribution >= 4 is 5.97 Å². The molecule has 0 heterocycles. The molecule has 3 unspecified atom stereocenters. The second-order valence-electron chi connectivity index (χ2n) is 9.51. The van der Waals surface area contributed by atoms with Gasteiger partial charge in [0.25, 0.3) is 6.29 Å². The van der Waals surface area contributed by atoms with Crippen LogP contribution in [-0.4, -0.2) is 64.3 Å². The van der Waals surface area contributed by atoms with Crippen LogP contribution < -0.4 is 18.9 Å². The van der Waals surface area contributed by atoms with Crippen molar-refractivity contribution in [3.05, 3.63) is 47.5 Å². The number of ether oxygens (including phenoxy) is 5. The Morgan fingerprint density at radius 1 is 1.05 bits per heavy atom. The van der Waals surface area contributed by atoms with Crippen molar-refractivity contribution in [3.63, 3.8) is 0 Å². The fourth-order valence-electron chi connectivity index (χ4n) is 4.58. The number of carboxylic acid groups (broad SMARTS) is 1. The largest absolute Gasteiger partial charge is 0.493 e. The molecule has 0 aromatic heterocycles. The SMILES string of the molecule is COc1cc(C(C#N)(CCCN(C)C(C)c2cccc(OC(OC)C(=O)O)c2)C(C)C)cc(OC)c1OC. The summed E-state index contributed by atoms with van der Waals surface area (Å²) in [7, 11) is 8.00. The third-order valence-electron chi connectivity index (χ3n) is 7.11. The Labute approximate surface area is 225 Å². The van der Waals surface area contributed by atoms with E-state index in [-0.39, 0.29) is 12.0 Å². The molecule has 9 heteroatoms. The highest BCUT2D eigenvalue weighted by atomic mass is 16.7. The van der Waals surface area contributed by atoms with Crippen molar-refractivity contribution in [1.82, 2.24) is 4.90 Å². The Bertz CT molecular complexity index is 1090. The van der Waals surface area contributed by atoms with E-state index in [4.69, 9.17) is 23.7 Å².